The molecule has 0 spiro atoms. The molecule has 1 rings (SSSR count). The summed E-state index contributed by atoms with van der Waals surface area (Å²) in [6.45, 7) is 0.231. The van der Waals surface area contributed by atoms with Crippen LogP contribution < -0.4 is 4.72 Å². The largest absolute Gasteiger partial charge is 0.228 e. The van der Waals surface area contributed by atoms with Crippen LogP contribution >= 0.6 is 11.6 Å². The summed E-state index contributed by atoms with van der Waals surface area (Å²) in [7, 11) is -7.33. The number of sulfonamides is 1. The molecule has 108 valence electrons. The van der Waals surface area contributed by atoms with E-state index in [-0.39, 0.29) is 12.0 Å². The second kappa shape index (κ2) is 6.07. The van der Waals surface area contributed by atoms with Crippen molar-refractivity contribution >= 4 is 31.5 Å². The van der Waals surface area contributed by atoms with Gasteiger partial charge in [0.25, 0.3) is 0 Å². The molecule has 0 unspecified atom stereocenters. The van der Waals surface area contributed by atoms with Gasteiger partial charge in [0, 0.05) is 18.7 Å². The minimum absolute atomic E-state index is 0.218. The van der Waals surface area contributed by atoms with E-state index in [0.29, 0.717) is 5.88 Å². The van der Waals surface area contributed by atoms with Crippen LogP contribution in [0.5, 0.6) is 0 Å². The quantitative estimate of drug-likeness (QED) is 0.744. The zero-order valence-corrected chi connectivity index (χ0v) is 12.9. The maximum atomic E-state index is 11.6. The van der Waals surface area contributed by atoms with E-state index in [0.717, 1.165) is 38.4 Å². The van der Waals surface area contributed by atoms with Crippen molar-refractivity contribution in [3.05, 3.63) is 0 Å². The van der Waals surface area contributed by atoms with Crippen LogP contribution in [0.3, 0.4) is 0 Å². The minimum atomic E-state index is -3.78. The molecule has 0 heterocycles. The molecule has 1 fully saturated rings. The van der Waals surface area contributed by atoms with Crippen molar-refractivity contribution in [1.29, 1.82) is 0 Å². The van der Waals surface area contributed by atoms with Gasteiger partial charge in [-0.05, 0) is 18.3 Å². The topological polar surface area (TPSA) is 80.3 Å². The van der Waals surface area contributed by atoms with E-state index in [1.807, 2.05) is 0 Å². The van der Waals surface area contributed by atoms with Crippen LogP contribution in [0.2, 0.25) is 0 Å². The molecule has 5 nitrogen and oxygen atoms in total. The molecule has 0 aromatic heterocycles. The number of sulfone groups is 1. The Morgan fingerprint density at radius 2 is 1.67 bits per heavy atom. The highest BCUT2D eigenvalue weighted by Gasteiger charge is 2.32. The molecule has 0 aromatic carbocycles. The lowest BCUT2D eigenvalue weighted by Crippen LogP contribution is -2.41. The predicted octanol–water partition coefficient (Wildman–Crippen LogP) is 1.10. The van der Waals surface area contributed by atoms with Crippen molar-refractivity contribution in [3.8, 4) is 0 Å². The first-order chi connectivity index (χ1) is 8.18. The normalized spacial score (nSPS) is 20.8. The predicted molar refractivity (Wildman–Crippen MR) is 72.9 cm³/mol. The van der Waals surface area contributed by atoms with Crippen molar-refractivity contribution in [2.75, 3.05) is 23.8 Å². The molecule has 0 bridgehead atoms. The van der Waals surface area contributed by atoms with Gasteiger partial charge in [-0.3, -0.25) is 0 Å². The van der Waals surface area contributed by atoms with Crippen molar-refractivity contribution in [1.82, 2.24) is 4.72 Å². The third-order valence-corrected chi connectivity index (χ3v) is 7.34. The maximum absolute atomic E-state index is 11.6. The molecule has 0 aliphatic heterocycles. The van der Waals surface area contributed by atoms with E-state index >= 15 is 0 Å². The minimum Gasteiger partial charge on any atom is -0.228 e. The van der Waals surface area contributed by atoms with Crippen LogP contribution in [0.25, 0.3) is 0 Å². The van der Waals surface area contributed by atoms with Crippen LogP contribution in [-0.2, 0) is 19.9 Å². The van der Waals surface area contributed by atoms with E-state index < -0.39 is 24.9 Å². The third-order valence-electron chi connectivity index (χ3n) is 3.23. The standard InChI is InChI=1S/C10H20ClNO4S2/c1-17(13,14)9-18(15,16)12-8-10(7-11)5-3-2-4-6-10/h12H,2-9H2,1H3. The fraction of sp³-hybridized carbons (Fsp3) is 1.00. The van der Waals surface area contributed by atoms with Crippen molar-refractivity contribution < 1.29 is 16.8 Å². The number of nitrogens with one attached hydrogen (secondary N) is 1. The molecule has 1 aliphatic rings. The molecule has 1 N–H and O–H groups in total. The lowest BCUT2D eigenvalue weighted by atomic mass is 9.76. The average Bonchev–Trinajstić information content (AvgIpc) is 2.25. The molecule has 0 amide bonds. The van der Waals surface area contributed by atoms with Crippen LogP contribution in [0.15, 0.2) is 0 Å². The zero-order valence-electron chi connectivity index (χ0n) is 10.5. The SMILES string of the molecule is CS(=O)(=O)CS(=O)(=O)NCC1(CCl)CCCCC1. The first kappa shape index (κ1) is 16.2. The summed E-state index contributed by atoms with van der Waals surface area (Å²) in [6.07, 6.45) is 5.91. The van der Waals surface area contributed by atoms with E-state index in [1.165, 1.54) is 0 Å². The highest BCUT2D eigenvalue weighted by molar-refractivity contribution is 8.06. The third kappa shape index (κ3) is 5.42. The molecule has 0 aromatic rings. The zero-order chi connectivity index (χ0) is 13.9. The second-order valence-corrected chi connectivity index (χ2v) is 9.75. The van der Waals surface area contributed by atoms with E-state index in [1.54, 1.807) is 0 Å². The van der Waals surface area contributed by atoms with Crippen molar-refractivity contribution in [2.45, 2.75) is 32.1 Å². The Morgan fingerprint density at radius 3 is 2.11 bits per heavy atom. The van der Waals surface area contributed by atoms with E-state index in [2.05, 4.69) is 4.72 Å². The number of halogens is 1. The fourth-order valence-electron chi connectivity index (χ4n) is 2.25. The number of alkyl halides is 1. The second-order valence-electron chi connectivity index (χ2n) is 5.17. The van der Waals surface area contributed by atoms with E-state index in [9.17, 15) is 16.8 Å². The number of hydrogen-bond donors (Lipinski definition) is 1. The van der Waals surface area contributed by atoms with Crippen LogP contribution in [0.1, 0.15) is 32.1 Å². The van der Waals surface area contributed by atoms with Gasteiger partial charge in [0.05, 0.1) is 0 Å². The van der Waals surface area contributed by atoms with Gasteiger partial charge in [0.1, 0.15) is 0 Å². The highest BCUT2D eigenvalue weighted by Crippen LogP contribution is 2.36. The Morgan fingerprint density at radius 1 is 1.11 bits per heavy atom. The molecule has 0 radical (unpaired) electrons. The highest BCUT2D eigenvalue weighted by atomic mass is 35.5. The van der Waals surface area contributed by atoms with Gasteiger partial charge < -0.3 is 0 Å². The Kier molecular flexibility index (Phi) is 5.46. The Hall–Kier alpha value is 0.150. The summed E-state index contributed by atoms with van der Waals surface area (Å²) in [5.41, 5.74) is -0.218. The van der Waals surface area contributed by atoms with Gasteiger partial charge in [0.2, 0.25) is 10.0 Å². The Balaban J connectivity index is 2.62. The van der Waals surface area contributed by atoms with E-state index in [4.69, 9.17) is 11.6 Å². The molecule has 8 heteroatoms. The smallest absolute Gasteiger partial charge is 0.226 e. The first-order valence-electron chi connectivity index (χ1n) is 5.89. The summed E-state index contributed by atoms with van der Waals surface area (Å²) in [5.74, 6) is 0.397. The summed E-state index contributed by atoms with van der Waals surface area (Å²) in [6, 6.07) is 0. The molecule has 18 heavy (non-hydrogen) atoms. The van der Waals surface area contributed by atoms with Gasteiger partial charge in [0.15, 0.2) is 14.9 Å². The Labute approximate surface area is 114 Å². The molecular weight excluding hydrogens is 298 g/mol. The van der Waals surface area contributed by atoms with Crippen molar-refractivity contribution in [3.63, 3.8) is 0 Å². The molecule has 0 saturated heterocycles. The average molecular weight is 318 g/mol. The monoisotopic (exact) mass is 317 g/mol. The first-order valence-corrected chi connectivity index (χ1v) is 10.1. The molecule has 1 aliphatic carbocycles. The summed E-state index contributed by atoms with van der Waals surface area (Å²) >= 11 is 5.95. The van der Waals surface area contributed by atoms with Gasteiger partial charge in [-0.15, -0.1) is 11.6 Å². The Bertz CT molecular complexity index is 466. The van der Waals surface area contributed by atoms with Gasteiger partial charge in [-0.1, -0.05) is 19.3 Å². The van der Waals surface area contributed by atoms with Crippen LogP contribution in [0.4, 0.5) is 0 Å². The molecule has 0 atom stereocenters. The van der Waals surface area contributed by atoms with Crippen molar-refractivity contribution in [2.24, 2.45) is 5.41 Å². The maximum Gasteiger partial charge on any atom is 0.226 e. The molecule has 1 saturated carbocycles. The van der Waals surface area contributed by atoms with Gasteiger partial charge >= 0.3 is 0 Å². The molecular formula is C10H20ClNO4S2. The number of rotatable bonds is 6. The summed E-state index contributed by atoms with van der Waals surface area (Å²) in [5, 5.41) is -0.863. The summed E-state index contributed by atoms with van der Waals surface area (Å²) in [4.78, 5) is 0. The fourth-order valence-corrected chi connectivity index (χ4v) is 5.72. The summed E-state index contributed by atoms with van der Waals surface area (Å²) < 4.78 is 47.6. The number of hydrogen-bond acceptors (Lipinski definition) is 4. The van der Waals surface area contributed by atoms with Crippen LogP contribution in [-0.4, -0.2) is 40.6 Å². The lowest BCUT2D eigenvalue weighted by Gasteiger charge is -2.35. The van der Waals surface area contributed by atoms with Crippen LogP contribution in [0, 0.1) is 5.41 Å². The lowest BCUT2D eigenvalue weighted by molar-refractivity contribution is 0.224. The van der Waals surface area contributed by atoms with Gasteiger partial charge in [-0.2, -0.15) is 0 Å². The van der Waals surface area contributed by atoms with Gasteiger partial charge in [-0.25, -0.2) is 21.6 Å².